The zero-order valence-electron chi connectivity index (χ0n) is 30.8. The van der Waals surface area contributed by atoms with E-state index in [1.807, 2.05) is 19.9 Å². The Morgan fingerprint density at radius 3 is 1.98 bits per heavy atom. The van der Waals surface area contributed by atoms with E-state index in [4.69, 9.17) is 11.5 Å². The molecular formula is C52H42N2. The fourth-order valence-corrected chi connectivity index (χ4v) is 9.45. The highest BCUT2D eigenvalue weighted by atomic mass is 14.6. The van der Waals surface area contributed by atoms with Gasteiger partial charge in [-0.05, 0) is 150 Å². The van der Waals surface area contributed by atoms with E-state index in [0.717, 1.165) is 30.5 Å². The topological polar surface area (TPSA) is 52.0 Å². The normalized spacial score (nSPS) is 14.9. The standard InChI is InChI=1S/C52H42N2/c1-3-4-22-45(54)51-44-30-35-20-12-11-19-34(35)29-43(44)38(21-13-14-31(2)53)48-41-26-25-39-46-36(32-15-7-5-8-16-32)23-24-37(33-17-9-6-10-18-33)47(46)40-27-28-42(52(48)51)50(41)49(39)40/h3-7,9-15,17-20,22-31H,8,16,21,53-54H2,1-2H3/b4-3-,14-13-,45-22-. The molecule has 1 unspecified atom stereocenters. The minimum Gasteiger partial charge on any atom is -0.398 e. The molecule has 0 bridgehead atoms. The van der Waals surface area contributed by atoms with Crippen LogP contribution in [0.15, 0.2) is 152 Å². The average Bonchev–Trinajstić information content (AvgIpc) is 3.72. The van der Waals surface area contributed by atoms with Gasteiger partial charge in [0.2, 0.25) is 0 Å². The molecule has 4 N–H and O–H groups in total. The third-order valence-corrected chi connectivity index (χ3v) is 11.7. The Labute approximate surface area is 317 Å². The highest BCUT2D eigenvalue weighted by Gasteiger charge is 2.35. The van der Waals surface area contributed by atoms with E-state index in [2.05, 4.69) is 146 Å². The number of allylic oxidation sites excluding steroid dienone is 8. The average molecular weight is 695 g/mol. The van der Waals surface area contributed by atoms with E-state index in [0.29, 0.717) is 0 Å². The third kappa shape index (κ3) is 4.84. The minimum absolute atomic E-state index is 0.0232. The van der Waals surface area contributed by atoms with E-state index >= 15 is 0 Å². The molecule has 0 amide bonds. The molecule has 260 valence electrons. The van der Waals surface area contributed by atoms with Crippen molar-refractivity contribution in [3.63, 3.8) is 0 Å². The molecule has 0 aliphatic heterocycles. The minimum atomic E-state index is -0.0232. The summed E-state index contributed by atoms with van der Waals surface area (Å²) in [6.45, 7) is 4.07. The Morgan fingerprint density at radius 1 is 0.704 bits per heavy atom. The molecule has 0 radical (unpaired) electrons. The first kappa shape index (κ1) is 32.4. The van der Waals surface area contributed by atoms with Crippen LogP contribution in [-0.4, -0.2) is 6.04 Å². The Hall–Kier alpha value is -6.22. The molecule has 54 heavy (non-hydrogen) atoms. The zero-order chi connectivity index (χ0) is 36.5. The molecular weight excluding hydrogens is 653 g/mol. The lowest BCUT2D eigenvalue weighted by Gasteiger charge is -2.20. The van der Waals surface area contributed by atoms with Crippen molar-refractivity contribution >= 4 is 43.6 Å². The third-order valence-electron chi connectivity index (χ3n) is 11.7. The summed E-state index contributed by atoms with van der Waals surface area (Å²) in [5.41, 5.74) is 32.4. The van der Waals surface area contributed by atoms with Gasteiger partial charge in [0.05, 0.1) is 0 Å². The Morgan fingerprint density at radius 2 is 1.31 bits per heavy atom. The fraction of sp³-hybridized carbons (Fsp3) is 0.115. The van der Waals surface area contributed by atoms with Crippen molar-refractivity contribution < 1.29 is 0 Å². The van der Waals surface area contributed by atoms with Crippen molar-refractivity contribution in [2.24, 2.45) is 11.5 Å². The van der Waals surface area contributed by atoms with Crippen LogP contribution in [0, 0.1) is 0 Å². The number of hydrogen-bond acceptors (Lipinski definition) is 2. The summed E-state index contributed by atoms with van der Waals surface area (Å²) < 4.78 is 0. The molecule has 0 heterocycles. The number of rotatable bonds is 7. The van der Waals surface area contributed by atoms with Crippen LogP contribution in [0.4, 0.5) is 0 Å². The highest BCUT2D eigenvalue weighted by molar-refractivity contribution is 6.31. The van der Waals surface area contributed by atoms with Crippen molar-refractivity contribution in [3.8, 4) is 55.6 Å². The number of fused-ring (bicyclic) bond motifs is 8. The largest absolute Gasteiger partial charge is 0.398 e. The van der Waals surface area contributed by atoms with Gasteiger partial charge in [-0.25, -0.2) is 0 Å². The summed E-state index contributed by atoms with van der Waals surface area (Å²) in [6.07, 6.45) is 20.2. The molecule has 2 nitrogen and oxygen atoms in total. The Balaban J connectivity index is 1.34. The van der Waals surface area contributed by atoms with Gasteiger partial charge in [0, 0.05) is 22.9 Å². The van der Waals surface area contributed by atoms with Crippen LogP contribution in [0.1, 0.15) is 43.4 Å². The molecule has 10 rings (SSSR count). The van der Waals surface area contributed by atoms with Gasteiger partial charge in [0.1, 0.15) is 0 Å². The maximum atomic E-state index is 7.21. The second kappa shape index (κ2) is 12.7. The van der Waals surface area contributed by atoms with Gasteiger partial charge < -0.3 is 11.5 Å². The second-order valence-electron chi connectivity index (χ2n) is 15.0. The SMILES string of the molecule is C/C=C\C=C(/N)c1c2c(c(C/C=C\C(C)N)c3cc4ccccc4cc13)-c1ccc3c4c(ccc-2c14)-c1c(-c2ccccc2)ccc(C2=CC=CCC2)c1-3. The van der Waals surface area contributed by atoms with Crippen LogP contribution in [0.3, 0.4) is 0 Å². The van der Waals surface area contributed by atoms with Crippen LogP contribution in [-0.2, 0) is 6.42 Å². The molecule has 1 atom stereocenters. The lowest BCUT2D eigenvalue weighted by Crippen LogP contribution is -2.10. The first-order chi connectivity index (χ1) is 26.5. The summed E-state index contributed by atoms with van der Waals surface area (Å²) in [4.78, 5) is 0. The molecule has 3 aliphatic carbocycles. The van der Waals surface area contributed by atoms with Gasteiger partial charge in [-0.2, -0.15) is 0 Å². The molecule has 0 fully saturated rings. The molecule has 7 aromatic carbocycles. The molecule has 7 aromatic rings. The van der Waals surface area contributed by atoms with Crippen molar-refractivity contribution in [1.29, 1.82) is 0 Å². The molecule has 2 heteroatoms. The molecule has 0 saturated heterocycles. The van der Waals surface area contributed by atoms with Crippen LogP contribution in [0.2, 0.25) is 0 Å². The van der Waals surface area contributed by atoms with Gasteiger partial charge in [-0.1, -0.05) is 134 Å². The van der Waals surface area contributed by atoms with Gasteiger partial charge in [0.25, 0.3) is 0 Å². The lowest BCUT2D eigenvalue weighted by atomic mass is 9.83. The zero-order valence-corrected chi connectivity index (χ0v) is 30.8. The van der Waals surface area contributed by atoms with Crippen LogP contribution in [0.25, 0.3) is 99.2 Å². The van der Waals surface area contributed by atoms with E-state index in [9.17, 15) is 0 Å². The summed E-state index contributed by atoms with van der Waals surface area (Å²) in [5, 5.41) is 7.54. The predicted molar refractivity (Wildman–Crippen MR) is 233 cm³/mol. The monoisotopic (exact) mass is 694 g/mol. The van der Waals surface area contributed by atoms with Gasteiger partial charge in [0.15, 0.2) is 0 Å². The first-order valence-electron chi connectivity index (χ1n) is 19.3. The molecule has 0 saturated carbocycles. The van der Waals surface area contributed by atoms with E-state index < -0.39 is 0 Å². The van der Waals surface area contributed by atoms with E-state index in [1.165, 1.54) is 105 Å². The first-order valence-corrected chi connectivity index (χ1v) is 19.3. The van der Waals surface area contributed by atoms with Crippen molar-refractivity contribution in [2.75, 3.05) is 0 Å². The lowest BCUT2D eigenvalue weighted by molar-refractivity contribution is 0.920. The van der Waals surface area contributed by atoms with Gasteiger partial charge >= 0.3 is 0 Å². The second-order valence-corrected chi connectivity index (χ2v) is 15.0. The molecule has 0 aromatic heterocycles. The highest BCUT2D eigenvalue weighted by Crippen LogP contribution is 2.61. The molecule has 0 spiro atoms. The van der Waals surface area contributed by atoms with E-state index in [-0.39, 0.29) is 6.04 Å². The van der Waals surface area contributed by atoms with Crippen molar-refractivity contribution in [2.45, 2.75) is 39.2 Å². The number of benzene rings is 7. The predicted octanol–water partition coefficient (Wildman–Crippen LogP) is 13.2. The quantitative estimate of drug-likeness (QED) is 0.0991. The van der Waals surface area contributed by atoms with Crippen LogP contribution < -0.4 is 11.5 Å². The van der Waals surface area contributed by atoms with Gasteiger partial charge in [-0.3, -0.25) is 0 Å². The summed E-state index contributed by atoms with van der Waals surface area (Å²) >= 11 is 0. The van der Waals surface area contributed by atoms with Gasteiger partial charge in [-0.15, -0.1) is 0 Å². The molecule has 3 aliphatic rings. The summed E-state index contributed by atoms with van der Waals surface area (Å²) in [7, 11) is 0. The van der Waals surface area contributed by atoms with Crippen LogP contribution in [0.5, 0.6) is 0 Å². The number of nitrogens with two attached hydrogens (primary N) is 2. The number of hydrogen-bond donors (Lipinski definition) is 2. The Kier molecular flexibility index (Phi) is 7.64. The summed E-state index contributed by atoms with van der Waals surface area (Å²) in [6, 6.07) is 38.6. The smallest absolute Gasteiger partial charge is 0.0400 e. The van der Waals surface area contributed by atoms with Crippen molar-refractivity contribution in [1.82, 2.24) is 0 Å². The Bertz CT molecular complexity index is 2880. The fourth-order valence-electron chi connectivity index (χ4n) is 9.45. The van der Waals surface area contributed by atoms with Crippen molar-refractivity contribution in [3.05, 3.63) is 168 Å². The maximum absolute atomic E-state index is 7.21. The summed E-state index contributed by atoms with van der Waals surface area (Å²) in [5.74, 6) is 0. The van der Waals surface area contributed by atoms with E-state index in [1.54, 1.807) is 0 Å². The van der Waals surface area contributed by atoms with Crippen LogP contribution >= 0.6 is 0 Å². The maximum Gasteiger partial charge on any atom is 0.0400 e.